The standard InChI is InChI=1S/C14H21N3O2/c15-10-14(6-2-1-3-7-14)13(19)17-8-4-5-11(9-17)12(16)18/h11H,1-9H2,(H2,16,18)/t11-/m1/s1. The molecule has 0 aromatic rings. The van der Waals surface area contributed by atoms with E-state index in [0.29, 0.717) is 25.9 Å². The van der Waals surface area contributed by atoms with Crippen molar-refractivity contribution in [2.45, 2.75) is 44.9 Å². The first-order chi connectivity index (χ1) is 9.09. The molecule has 104 valence electrons. The predicted octanol–water partition coefficient (Wildman–Crippen LogP) is 1.18. The average Bonchev–Trinajstić information content (AvgIpc) is 2.47. The molecule has 0 aromatic carbocycles. The first-order valence-electron chi connectivity index (χ1n) is 7.09. The van der Waals surface area contributed by atoms with Gasteiger partial charge in [0.25, 0.3) is 0 Å². The zero-order valence-electron chi connectivity index (χ0n) is 11.2. The topological polar surface area (TPSA) is 87.2 Å². The first-order valence-corrected chi connectivity index (χ1v) is 7.09. The molecule has 0 unspecified atom stereocenters. The summed E-state index contributed by atoms with van der Waals surface area (Å²) in [4.78, 5) is 25.6. The summed E-state index contributed by atoms with van der Waals surface area (Å²) < 4.78 is 0. The molecular formula is C14H21N3O2. The van der Waals surface area contributed by atoms with Gasteiger partial charge in [-0.3, -0.25) is 9.59 Å². The number of nitrogens with zero attached hydrogens (tertiary/aromatic N) is 2. The summed E-state index contributed by atoms with van der Waals surface area (Å²) >= 11 is 0. The van der Waals surface area contributed by atoms with Crippen molar-refractivity contribution in [3.63, 3.8) is 0 Å². The second-order valence-corrected chi connectivity index (χ2v) is 5.75. The van der Waals surface area contributed by atoms with Crippen molar-refractivity contribution in [3.8, 4) is 6.07 Å². The summed E-state index contributed by atoms with van der Waals surface area (Å²) in [5.74, 6) is -0.676. The van der Waals surface area contributed by atoms with E-state index in [1.54, 1.807) is 4.90 Å². The molecule has 0 radical (unpaired) electrons. The molecule has 0 spiro atoms. The van der Waals surface area contributed by atoms with Gasteiger partial charge in [-0.05, 0) is 25.7 Å². The summed E-state index contributed by atoms with van der Waals surface area (Å²) in [6.07, 6.45) is 5.82. The zero-order valence-corrected chi connectivity index (χ0v) is 11.2. The van der Waals surface area contributed by atoms with E-state index in [0.717, 1.165) is 32.1 Å². The van der Waals surface area contributed by atoms with Gasteiger partial charge >= 0.3 is 0 Å². The maximum absolute atomic E-state index is 12.6. The Labute approximate surface area is 113 Å². The molecule has 1 heterocycles. The number of nitrogens with two attached hydrogens (primary N) is 1. The molecule has 5 heteroatoms. The van der Waals surface area contributed by atoms with E-state index >= 15 is 0 Å². The molecule has 1 saturated heterocycles. The van der Waals surface area contributed by atoms with Crippen LogP contribution in [0.2, 0.25) is 0 Å². The maximum atomic E-state index is 12.6. The number of carbonyl (C=O) groups excluding carboxylic acids is 2. The van der Waals surface area contributed by atoms with E-state index in [9.17, 15) is 14.9 Å². The van der Waals surface area contributed by atoms with Gasteiger partial charge in [0.2, 0.25) is 11.8 Å². The lowest BCUT2D eigenvalue weighted by molar-refractivity contribution is -0.143. The van der Waals surface area contributed by atoms with Gasteiger partial charge in [0.05, 0.1) is 12.0 Å². The normalized spacial score (nSPS) is 26.5. The Bertz CT molecular complexity index is 407. The molecule has 2 aliphatic rings. The molecule has 1 saturated carbocycles. The van der Waals surface area contributed by atoms with Crippen molar-refractivity contribution in [1.82, 2.24) is 4.90 Å². The quantitative estimate of drug-likeness (QED) is 0.811. The summed E-state index contributed by atoms with van der Waals surface area (Å²) in [7, 11) is 0. The second kappa shape index (κ2) is 5.60. The van der Waals surface area contributed by atoms with Crippen molar-refractivity contribution < 1.29 is 9.59 Å². The van der Waals surface area contributed by atoms with Crippen molar-refractivity contribution in [1.29, 1.82) is 5.26 Å². The van der Waals surface area contributed by atoms with E-state index in [4.69, 9.17) is 5.73 Å². The first kappa shape index (κ1) is 13.9. The van der Waals surface area contributed by atoms with Crippen molar-refractivity contribution in [3.05, 3.63) is 0 Å². The van der Waals surface area contributed by atoms with Crippen LogP contribution in [0, 0.1) is 22.7 Å². The highest BCUT2D eigenvalue weighted by Gasteiger charge is 2.43. The van der Waals surface area contributed by atoms with Gasteiger partial charge in [-0.1, -0.05) is 19.3 Å². The lowest BCUT2D eigenvalue weighted by Crippen LogP contribution is -2.50. The van der Waals surface area contributed by atoms with E-state index < -0.39 is 5.41 Å². The second-order valence-electron chi connectivity index (χ2n) is 5.75. The zero-order chi connectivity index (χ0) is 13.9. The lowest BCUT2D eigenvalue weighted by atomic mass is 9.74. The minimum absolute atomic E-state index is 0.0827. The molecule has 2 fully saturated rings. The van der Waals surface area contributed by atoms with E-state index in [2.05, 4.69) is 6.07 Å². The van der Waals surface area contributed by atoms with Crippen LogP contribution in [0.15, 0.2) is 0 Å². The number of hydrogen-bond donors (Lipinski definition) is 1. The van der Waals surface area contributed by atoms with Crippen LogP contribution in [-0.4, -0.2) is 29.8 Å². The van der Waals surface area contributed by atoms with Crippen LogP contribution in [0.3, 0.4) is 0 Å². The number of primary amides is 1. The Hall–Kier alpha value is -1.57. The number of piperidine rings is 1. The van der Waals surface area contributed by atoms with Crippen molar-refractivity contribution in [2.24, 2.45) is 17.1 Å². The van der Waals surface area contributed by atoms with Gasteiger partial charge in [0.1, 0.15) is 5.41 Å². The van der Waals surface area contributed by atoms with Gasteiger partial charge in [0, 0.05) is 13.1 Å². The smallest absolute Gasteiger partial charge is 0.243 e. The fraction of sp³-hybridized carbons (Fsp3) is 0.786. The molecule has 1 aliphatic carbocycles. The third-order valence-electron chi connectivity index (χ3n) is 4.44. The lowest BCUT2D eigenvalue weighted by Gasteiger charge is -2.38. The van der Waals surface area contributed by atoms with Crippen LogP contribution in [0.4, 0.5) is 0 Å². The fourth-order valence-corrected chi connectivity index (χ4v) is 3.23. The molecule has 0 bridgehead atoms. The third-order valence-corrected chi connectivity index (χ3v) is 4.44. The number of amides is 2. The van der Waals surface area contributed by atoms with Crippen molar-refractivity contribution in [2.75, 3.05) is 13.1 Å². The Balaban J connectivity index is 2.09. The van der Waals surface area contributed by atoms with Crippen LogP contribution >= 0.6 is 0 Å². The van der Waals surface area contributed by atoms with Crippen LogP contribution in [-0.2, 0) is 9.59 Å². The summed E-state index contributed by atoms with van der Waals surface area (Å²) in [6.45, 7) is 1.03. The molecule has 2 rings (SSSR count). The minimum atomic E-state index is -0.849. The molecule has 2 N–H and O–H groups in total. The van der Waals surface area contributed by atoms with Crippen molar-refractivity contribution >= 4 is 11.8 Å². The van der Waals surface area contributed by atoms with Gasteiger partial charge in [0.15, 0.2) is 0 Å². The maximum Gasteiger partial charge on any atom is 0.243 e. The number of likely N-dealkylation sites (tertiary alicyclic amines) is 1. The van der Waals surface area contributed by atoms with E-state index in [1.807, 2.05) is 0 Å². The summed E-state index contributed by atoms with van der Waals surface area (Å²) in [5.41, 5.74) is 4.48. The van der Waals surface area contributed by atoms with Gasteiger partial charge < -0.3 is 10.6 Å². The number of hydrogen-bond acceptors (Lipinski definition) is 3. The highest BCUT2D eigenvalue weighted by atomic mass is 16.2. The molecule has 5 nitrogen and oxygen atoms in total. The van der Waals surface area contributed by atoms with E-state index in [1.165, 1.54) is 0 Å². The van der Waals surface area contributed by atoms with Crippen LogP contribution in [0.5, 0.6) is 0 Å². The predicted molar refractivity (Wildman–Crippen MR) is 69.6 cm³/mol. The summed E-state index contributed by atoms with van der Waals surface area (Å²) in [6, 6.07) is 2.25. The molecule has 1 atom stereocenters. The Kier molecular flexibility index (Phi) is 4.08. The Morgan fingerprint density at radius 3 is 2.47 bits per heavy atom. The van der Waals surface area contributed by atoms with Crippen LogP contribution in [0.1, 0.15) is 44.9 Å². The highest BCUT2D eigenvalue weighted by Crippen LogP contribution is 2.38. The summed E-state index contributed by atoms with van der Waals surface area (Å²) in [5, 5.41) is 9.43. The molecule has 19 heavy (non-hydrogen) atoms. The SMILES string of the molecule is N#CC1(C(=O)N2CCC[C@@H](C(N)=O)C2)CCCCC1. The third kappa shape index (κ3) is 2.73. The Morgan fingerprint density at radius 1 is 1.21 bits per heavy atom. The fourth-order valence-electron chi connectivity index (χ4n) is 3.23. The number of carbonyl (C=O) groups is 2. The van der Waals surface area contributed by atoms with Gasteiger partial charge in [-0.15, -0.1) is 0 Å². The number of rotatable bonds is 2. The monoisotopic (exact) mass is 263 g/mol. The highest BCUT2D eigenvalue weighted by molar-refractivity contribution is 5.86. The Morgan fingerprint density at radius 2 is 1.89 bits per heavy atom. The molecular weight excluding hydrogens is 242 g/mol. The van der Waals surface area contributed by atoms with Crippen LogP contribution < -0.4 is 5.73 Å². The minimum Gasteiger partial charge on any atom is -0.369 e. The van der Waals surface area contributed by atoms with Gasteiger partial charge in [-0.2, -0.15) is 5.26 Å². The molecule has 2 amide bonds. The average molecular weight is 263 g/mol. The largest absolute Gasteiger partial charge is 0.369 e. The van der Waals surface area contributed by atoms with Gasteiger partial charge in [-0.25, -0.2) is 0 Å². The van der Waals surface area contributed by atoms with Crippen LogP contribution in [0.25, 0.3) is 0 Å². The molecule has 0 aromatic heterocycles. The van der Waals surface area contributed by atoms with E-state index in [-0.39, 0.29) is 17.7 Å². The molecule has 1 aliphatic heterocycles. The number of nitriles is 1.